The standard InChI is InChI=1S/C14H22N2O/c1-3-17-13-8-6-12(7-9-13)14(16-15)10(2)11-4-5-11/h6-11,14,16H,3-5,15H2,1-2H3. The highest BCUT2D eigenvalue weighted by Gasteiger charge is 2.33. The number of nitrogens with two attached hydrogens (primary N) is 1. The fraction of sp³-hybridized carbons (Fsp3) is 0.571. The first-order valence-electron chi connectivity index (χ1n) is 6.45. The summed E-state index contributed by atoms with van der Waals surface area (Å²) in [6.07, 6.45) is 2.69. The van der Waals surface area contributed by atoms with Crippen LogP contribution in [0.2, 0.25) is 0 Å². The van der Waals surface area contributed by atoms with Gasteiger partial charge in [0.2, 0.25) is 0 Å². The Bertz CT molecular complexity index is 346. The minimum atomic E-state index is 0.248. The van der Waals surface area contributed by atoms with Crippen LogP contribution in [-0.2, 0) is 0 Å². The van der Waals surface area contributed by atoms with Crippen LogP contribution in [0.25, 0.3) is 0 Å². The van der Waals surface area contributed by atoms with Gasteiger partial charge in [0, 0.05) is 6.04 Å². The Hall–Kier alpha value is -1.06. The number of hydrogen-bond acceptors (Lipinski definition) is 3. The van der Waals surface area contributed by atoms with E-state index < -0.39 is 0 Å². The van der Waals surface area contributed by atoms with Crippen LogP contribution in [0.5, 0.6) is 5.75 Å². The van der Waals surface area contributed by atoms with Crippen LogP contribution in [-0.4, -0.2) is 6.61 Å². The maximum absolute atomic E-state index is 5.69. The molecule has 0 aliphatic heterocycles. The maximum Gasteiger partial charge on any atom is 0.119 e. The lowest BCUT2D eigenvalue weighted by atomic mass is 9.91. The van der Waals surface area contributed by atoms with Gasteiger partial charge in [0.15, 0.2) is 0 Å². The molecule has 3 nitrogen and oxygen atoms in total. The molecule has 2 rings (SSSR count). The zero-order valence-electron chi connectivity index (χ0n) is 10.6. The summed E-state index contributed by atoms with van der Waals surface area (Å²) in [7, 11) is 0. The fourth-order valence-electron chi connectivity index (χ4n) is 2.38. The van der Waals surface area contributed by atoms with E-state index in [2.05, 4.69) is 24.5 Å². The van der Waals surface area contributed by atoms with E-state index in [1.165, 1.54) is 18.4 Å². The number of hydrazine groups is 1. The number of ether oxygens (including phenoxy) is 1. The molecule has 0 aromatic heterocycles. The molecule has 3 N–H and O–H groups in total. The summed E-state index contributed by atoms with van der Waals surface area (Å²) in [6.45, 7) is 4.97. The molecule has 1 fully saturated rings. The summed E-state index contributed by atoms with van der Waals surface area (Å²) in [6, 6.07) is 8.49. The van der Waals surface area contributed by atoms with Gasteiger partial charge in [0.25, 0.3) is 0 Å². The van der Waals surface area contributed by atoms with Crippen molar-refractivity contribution in [1.29, 1.82) is 0 Å². The molecule has 0 saturated heterocycles. The third-order valence-electron chi connectivity index (χ3n) is 3.62. The van der Waals surface area contributed by atoms with E-state index in [1.807, 2.05) is 19.1 Å². The Morgan fingerprint density at radius 1 is 1.35 bits per heavy atom. The van der Waals surface area contributed by atoms with Gasteiger partial charge in [0.1, 0.15) is 5.75 Å². The van der Waals surface area contributed by atoms with Crippen molar-refractivity contribution in [2.24, 2.45) is 17.7 Å². The fourth-order valence-corrected chi connectivity index (χ4v) is 2.38. The van der Waals surface area contributed by atoms with E-state index in [1.54, 1.807) is 0 Å². The molecule has 2 unspecified atom stereocenters. The van der Waals surface area contributed by atoms with Crippen molar-refractivity contribution in [2.45, 2.75) is 32.7 Å². The molecular formula is C14H22N2O. The number of benzene rings is 1. The molecule has 2 atom stereocenters. The topological polar surface area (TPSA) is 47.3 Å². The van der Waals surface area contributed by atoms with Gasteiger partial charge in [-0.25, -0.2) is 0 Å². The van der Waals surface area contributed by atoms with Crippen LogP contribution in [0.3, 0.4) is 0 Å². The van der Waals surface area contributed by atoms with Crippen molar-refractivity contribution in [3.63, 3.8) is 0 Å². The second kappa shape index (κ2) is 5.52. The van der Waals surface area contributed by atoms with Gasteiger partial charge in [-0.15, -0.1) is 0 Å². The van der Waals surface area contributed by atoms with Crippen molar-refractivity contribution >= 4 is 0 Å². The van der Waals surface area contributed by atoms with Gasteiger partial charge in [-0.05, 0) is 49.3 Å². The van der Waals surface area contributed by atoms with E-state index in [0.29, 0.717) is 12.5 Å². The summed E-state index contributed by atoms with van der Waals surface area (Å²) in [5.74, 6) is 8.04. The molecule has 0 heterocycles. The Morgan fingerprint density at radius 3 is 2.47 bits per heavy atom. The van der Waals surface area contributed by atoms with Crippen LogP contribution in [0, 0.1) is 11.8 Å². The molecule has 1 saturated carbocycles. The Morgan fingerprint density at radius 2 is 2.00 bits per heavy atom. The van der Waals surface area contributed by atoms with Crippen LogP contribution in [0.1, 0.15) is 38.3 Å². The molecule has 3 heteroatoms. The second-order valence-corrected chi connectivity index (χ2v) is 4.84. The monoisotopic (exact) mass is 234 g/mol. The predicted molar refractivity (Wildman–Crippen MR) is 69.6 cm³/mol. The summed E-state index contributed by atoms with van der Waals surface area (Å²) in [5.41, 5.74) is 4.20. The molecule has 1 aromatic rings. The highest BCUT2D eigenvalue weighted by Crippen LogP contribution is 2.42. The summed E-state index contributed by atoms with van der Waals surface area (Å²) >= 11 is 0. The summed E-state index contributed by atoms with van der Waals surface area (Å²) < 4.78 is 5.44. The quantitative estimate of drug-likeness (QED) is 0.587. The average Bonchev–Trinajstić information content (AvgIpc) is 3.16. The van der Waals surface area contributed by atoms with Crippen molar-refractivity contribution in [2.75, 3.05) is 6.61 Å². The lowest BCUT2D eigenvalue weighted by molar-refractivity contribution is 0.337. The minimum Gasteiger partial charge on any atom is -0.494 e. The Labute approximate surface area is 103 Å². The molecule has 1 aliphatic rings. The second-order valence-electron chi connectivity index (χ2n) is 4.84. The largest absolute Gasteiger partial charge is 0.494 e. The average molecular weight is 234 g/mol. The molecule has 0 amide bonds. The van der Waals surface area contributed by atoms with Crippen LogP contribution >= 0.6 is 0 Å². The van der Waals surface area contributed by atoms with Gasteiger partial charge < -0.3 is 4.74 Å². The highest BCUT2D eigenvalue weighted by molar-refractivity contribution is 5.29. The molecular weight excluding hydrogens is 212 g/mol. The number of rotatable bonds is 6. The zero-order valence-corrected chi connectivity index (χ0v) is 10.6. The lowest BCUT2D eigenvalue weighted by Crippen LogP contribution is -2.33. The van der Waals surface area contributed by atoms with E-state index in [0.717, 1.165) is 11.7 Å². The first-order valence-corrected chi connectivity index (χ1v) is 6.45. The van der Waals surface area contributed by atoms with Crippen LogP contribution < -0.4 is 16.0 Å². The predicted octanol–water partition coefficient (Wildman–Crippen LogP) is 2.64. The van der Waals surface area contributed by atoms with Crippen molar-refractivity contribution in [3.05, 3.63) is 29.8 Å². The minimum absolute atomic E-state index is 0.248. The third-order valence-corrected chi connectivity index (χ3v) is 3.62. The summed E-state index contributed by atoms with van der Waals surface area (Å²) in [4.78, 5) is 0. The molecule has 0 bridgehead atoms. The van der Waals surface area contributed by atoms with Gasteiger partial charge in [-0.1, -0.05) is 19.1 Å². The third kappa shape index (κ3) is 2.99. The van der Waals surface area contributed by atoms with E-state index in [4.69, 9.17) is 10.6 Å². The SMILES string of the molecule is CCOc1ccc(C(NN)C(C)C2CC2)cc1. The first kappa shape index (κ1) is 12.4. The molecule has 17 heavy (non-hydrogen) atoms. The highest BCUT2D eigenvalue weighted by atomic mass is 16.5. The Balaban J connectivity index is 2.07. The van der Waals surface area contributed by atoms with Crippen molar-refractivity contribution in [1.82, 2.24) is 5.43 Å². The van der Waals surface area contributed by atoms with Gasteiger partial charge in [-0.3, -0.25) is 11.3 Å². The molecule has 94 valence electrons. The molecule has 1 aromatic carbocycles. The zero-order chi connectivity index (χ0) is 12.3. The van der Waals surface area contributed by atoms with Gasteiger partial charge in [-0.2, -0.15) is 0 Å². The normalized spacial score (nSPS) is 18.8. The maximum atomic E-state index is 5.69. The smallest absolute Gasteiger partial charge is 0.119 e. The van der Waals surface area contributed by atoms with Crippen LogP contribution in [0.4, 0.5) is 0 Å². The Kier molecular flexibility index (Phi) is 4.02. The van der Waals surface area contributed by atoms with E-state index in [9.17, 15) is 0 Å². The molecule has 1 aliphatic carbocycles. The lowest BCUT2D eigenvalue weighted by Gasteiger charge is -2.23. The number of nitrogens with one attached hydrogen (secondary N) is 1. The van der Waals surface area contributed by atoms with Crippen molar-refractivity contribution < 1.29 is 4.74 Å². The van der Waals surface area contributed by atoms with E-state index >= 15 is 0 Å². The van der Waals surface area contributed by atoms with Gasteiger partial charge in [0.05, 0.1) is 6.61 Å². The van der Waals surface area contributed by atoms with E-state index in [-0.39, 0.29) is 6.04 Å². The molecule has 0 radical (unpaired) electrons. The van der Waals surface area contributed by atoms with Crippen LogP contribution in [0.15, 0.2) is 24.3 Å². The first-order chi connectivity index (χ1) is 8.26. The summed E-state index contributed by atoms with van der Waals surface area (Å²) in [5, 5.41) is 0. The van der Waals surface area contributed by atoms with Crippen molar-refractivity contribution in [3.8, 4) is 5.75 Å². The molecule has 0 spiro atoms. The van der Waals surface area contributed by atoms with Gasteiger partial charge >= 0.3 is 0 Å². The number of hydrogen-bond donors (Lipinski definition) is 2.